The predicted octanol–water partition coefficient (Wildman–Crippen LogP) is 6.27. The number of hydrogen-bond donors (Lipinski definition) is 0. The van der Waals surface area contributed by atoms with Crippen LogP contribution in [-0.2, 0) is 10.8 Å². The summed E-state index contributed by atoms with van der Waals surface area (Å²) in [6.45, 7) is -0.443. The van der Waals surface area contributed by atoms with E-state index in [0.717, 1.165) is 20.6 Å². The molecule has 0 aromatic heterocycles. The minimum Gasteiger partial charge on any atom is -0.249 e. The molecule has 172 valence electrons. The van der Waals surface area contributed by atoms with E-state index in [9.17, 15) is 4.21 Å². The van der Waals surface area contributed by atoms with Gasteiger partial charge in [0.05, 0.1) is 15.4 Å². The molecule has 0 saturated carbocycles. The zero-order valence-electron chi connectivity index (χ0n) is 19.6. The summed E-state index contributed by atoms with van der Waals surface area (Å²) in [4.78, 5) is 0.821. The Morgan fingerprint density at radius 3 is 1.29 bits per heavy atom. The maximum atomic E-state index is 14.7. The van der Waals surface area contributed by atoms with Crippen molar-refractivity contribution in [1.82, 2.24) is 0 Å². The number of hydrogen-bond acceptors (Lipinski definition) is 1. The molecule has 5 rings (SSSR count). The molecule has 0 aliphatic heterocycles. The molecule has 5 aromatic rings. The minimum absolute atomic E-state index is 0.821. The van der Waals surface area contributed by atoms with Crippen LogP contribution < -0.4 is 15.9 Å². The summed E-state index contributed by atoms with van der Waals surface area (Å²) in [6.07, 6.45) is 0. The van der Waals surface area contributed by atoms with E-state index in [1.165, 1.54) is 15.9 Å². The van der Waals surface area contributed by atoms with Gasteiger partial charge in [0.15, 0.2) is 0 Å². The highest BCUT2D eigenvalue weighted by atomic mass is 32.2. The standard InChI is InChI=1S/C32H27OPS/c1-26-22-24-31(25-23-26)35(33)32(27-14-6-2-7-15-27)34(28-16-8-3-9-17-28,29-18-10-4-11-19-29)30-20-12-5-13-21-30/h2-25H,1H3. The maximum Gasteiger partial charge on any atom is 0.0866 e. The van der Waals surface area contributed by atoms with Crippen LogP contribution in [0.4, 0.5) is 0 Å². The van der Waals surface area contributed by atoms with E-state index >= 15 is 0 Å². The van der Waals surface area contributed by atoms with Crippen molar-refractivity contribution in [3.8, 4) is 0 Å². The average Bonchev–Trinajstić information content (AvgIpc) is 2.94. The van der Waals surface area contributed by atoms with E-state index in [4.69, 9.17) is 0 Å². The Balaban J connectivity index is 2.04. The third-order valence-electron chi connectivity index (χ3n) is 6.17. The van der Waals surface area contributed by atoms with Gasteiger partial charge in [-0.15, -0.1) is 0 Å². The molecule has 1 unspecified atom stereocenters. The van der Waals surface area contributed by atoms with Gasteiger partial charge in [0.1, 0.15) is 0 Å². The Bertz CT molecular complexity index is 1370. The van der Waals surface area contributed by atoms with Crippen LogP contribution in [-0.4, -0.2) is 8.83 Å². The Morgan fingerprint density at radius 1 is 0.514 bits per heavy atom. The Kier molecular flexibility index (Phi) is 6.95. The van der Waals surface area contributed by atoms with Gasteiger partial charge >= 0.3 is 0 Å². The molecule has 0 fully saturated rings. The Hall–Kier alpha value is -3.45. The molecule has 1 nitrogen and oxygen atoms in total. The third-order valence-corrected chi connectivity index (χ3v) is 12.9. The van der Waals surface area contributed by atoms with Crippen molar-refractivity contribution in [1.29, 1.82) is 0 Å². The largest absolute Gasteiger partial charge is 0.249 e. The van der Waals surface area contributed by atoms with E-state index in [1.54, 1.807) is 0 Å². The van der Waals surface area contributed by atoms with Crippen molar-refractivity contribution in [2.75, 3.05) is 0 Å². The smallest absolute Gasteiger partial charge is 0.0866 e. The van der Waals surface area contributed by atoms with Gasteiger partial charge in [0.25, 0.3) is 0 Å². The van der Waals surface area contributed by atoms with Crippen LogP contribution in [0.2, 0.25) is 0 Å². The second kappa shape index (κ2) is 10.4. The summed E-state index contributed by atoms with van der Waals surface area (Å²) in [6, 6.07) is 50.3. The van der Waals surface area contributed by atoms with Crippen LogP contribution in [0.3, 0.4) is 0 Å². The van der Waals surface area contributed by atoms with Crippen LogP contribution in [0.25, 0.3) is 0 Å². The number of aryl methyl sites for hydroxylation is 1. The quantitative estimate of drug-likeness (QED) is 0.256. The van der Waals surface area contributed by atoms with E-state index in [2.05, 4.69) is 91.9 Å². The van der Waals surface area contributed by atoms with E-state index in [1.807, 2.05) is 60.7 Å². The lowest BCUT2D eigenvalue weighted by Crippen LogP contribution is -2.32. The van der Waals surface area contributed by atoms with Gasteiger partial charge in [0, 0.05) is 4.90 Å². The summed E-state index contributed by atoms with van der Waals surface area (Å²) >= 11 is 0. The zero-order chi connectivity index (χ0) is 24.1. The lowest BCUT2D eigenvalue weighted by Gasteiger charge is -2.32. The molecular formula is C32H27OPS. The maximum absolute atomic E-state index is 14.7. The SMILES string of the molecule is Cc1ccc(S(=O)C(c2ccccc2)=P(c2ccccc2)(c2ccccc2)c2ccccc2)cc1. The van der Waals surface area contributed by atoms with Gasteiger partial charge < -0.3 is 0 Å². The van der Waals surface area contributed by atoms with E-state index in [0.29, 0.717) is 0 Å². The van der Waals surface area contributed by atoms with Crippen molar-refractivity contribution in [3.63, 3.8) is 0 Å². The highest BCUT2D eigenvalue weighted by Crippen LogP contribution is 2.49. The van der Waals surface area contributed by atoms with Crippen molar-refractivity contribution in [2.24, 2.45) is 0 Å². The fraction of sp³-hybridized carbons (Fsp3) is 0.0312. The average molecular weight is 491 g/mol. The van der Waals surface area contributed by atoms with E-state index < -0.39 is 17.7 Å². The monoisotopic (exact) mass is 490 g/mol. The first-order valence-electron chi connectivity index (χ1n) is 11.7. The molecular weight excluding hydrogens is 463 g/mol. The van der Waals surface area contributed by atoms with Crippen LogP contribution >= 0.6 is 6.89 Å². The Morgan fingerprint density at radius 2 is 0.886 bits per heavy atom. The molecule has 0 heterocycles. The van der Waals surface area contributed by atoms with Crippen LogP contribution in [0.1, 0.15) is 11.1 Å². The first kappa shape index (κ1) is 23.3. The summed E-state index contributed by atoms with van der Waals surface area (Å²) in [7, 11) is -1.39. The lowest BCUT2D eigenvalue weighted by atomic mass is 10.2. The normalized spacial score (nSPS) is 12.1. The molecule has 3 heteroatoms. The first-order valence-corrected chi connectivity index (χ1v) is 14.6. The molecule has 0 saturated heterocycles. The van der Waals surface area contributed by atoms with Gasteiger partial charge in [-0.05, 0) is 47.4 Å². The van der Waals surface area contributed by atoms with E-state index in [-0.39, 0.29) is 0 Å². The number of benzene rings is 5. The first-order chi connectivity index (χ1) is 17.2. The van der Waals surface area contributed by atoms with Crippen LogP contribution in [0.5, 0.6) is 0 Å². The second-order valence-electron chi connectivity index (χ2n) is 8.43. The molecule has 0 spiro atoms. The highest BCUT2D eigenvalue weighted by molar-refractivity contribution is 8.17. The second-order valence-corrected chi connectivity index (χ2v) is 13.5. The van der Waals surface area contributed by atoms with Gasteiger partial charge in [-0.2, -0.15) is 0 Å². The fourth-order valence-corrected chi connectivity index (χ4v) is 11.7. The topological polar surface area (TPSA) is 17.1 Å². The van der Waals surface area contributed by atoms with Crippen molar-refractivity contribution < 1.29 is 4.21 Å². The summed E-state index contributed by atoms with van der Waals surface area (Å²) in [5.74, 6) is 0. The van der Waals surface area contributed by atoms with Crippen LogP contribution in [0.15, 0.2) is 150 Å². The van der Waals surface area contributed by atoms with Crippen LogP contribution in [0, 0.1) is 6.92 Å². The molecule has 5 aromatic carbocycles. The molecule has 0 radical (unpaired) electrons. The molecule has 35 heavy (non-hydrogen) atoms. The zero-order valence-corrected chi connectivity index (χ0v) is 21.3. The molecule has 0 aliphatic carbocycles. The molecule has 0 bridgehead atoms. The number of rotatable bonds is 6. The van der Waals surface area contributed by atoms with Gasteiger partial charge in [-0.1, -0.05) is 139 Å². The predicted molar refractivity (Wildman–Crippen MR) is 153 cm³/mol. The molecule has 1 atom stereocenters. The molecule has 0 amide bonds. The summed E-state index contributed by atoms with van der Waals surface area (Å²) in [5, 5.41) is 3.57. The molecule has 0 N–H and O–H groups in total. The Labute approximate surface area is 210 Å². The van der Waals surface area contributed by atoms with Crippen molar-refractivity contribution in [3.05, 3.63) is 157 Å². The lowest BCUT2D eigenvalue weighted by molar-refractivity contribution is 0.690. The van der Waals surface area contributed by atoms with Gasteiger partial charge in [-0.3, -0.25) is 0 Å². The molecule has 0 aliphatic rings. The highest BCUT2D eigenvalue weighted by Gasteiger charge is 2.33. The fourth-order valence-electron chi connectivity index (χ4n) is 4.53. The summed E-state index contributed by atoms with van der Waals surface area (Å²) < 4.78 is 15.7. The minimum atomic E-state index is -2.50. The van der Waals surface area contributed by atoms with Gasteiger partial charge in [-0.25, -0.2) is 4.21 Å². The van der Waals surface area contributed by atoms with Crippen molar-refractivity contribution in [2.45, 2.75) is 11.8 Å². The summed E-state index contributed by atoms with van der Waals surface area (Å²) in [5.41, 5.74) is 2.17. The van der Waals surface area contributed by atoms with Gasteiger partial charge in [0.2, 0.25) is 0 Å². The van der Waals surface area contributed by atoms with Crippen molar-refractivity contribution >= 4 is 38.2 Å². The third kappa shape index (κ3) is 4.48.